The first-order chi connectivity index (χ1) is 5.83. The molecule has 0 atom stereocenters. The Hall–Kier alpha value is -1.96. The van der Waals surface area contributed by atoms with Gasteiger partial charge in [0.2, 0.25) is 0 Å². The summed E-state index contributed by atoms with van der Waals surface area (Å²) in [4.78, 5) is 11.7. The summed E-state index contributed by atoms with van der Waals surface area (Å²) in [6.07, 6.45) is 1.38. The molecule has 2 heterocycles. The average Bonchev–Trinajstić information content (AvgIpc) is 2.49. The fourth-order valence-electron chi connectivity index (χ4n) is 1.14. The zero-order chi connectivity index (χ0) is 8.55. The van der Waals surface area contributed by atoms with Crippen LogP contribution in [-0.4, -0.2) is 15.7 Å². The van der Waals surface area contributed by atoms with Crippen molar-refractivity contribution in [3.05, 3.63) is 17.6 Å². The minimum atomic E-state index is 0.331. The molecule has 0 aromatic carbocycles. The summed E-state index contributed by atoms with van der Waals surface area (Å²) in [5.74, 6) is 0.331. The molecule has 5 nitrogen and oxygen atoms in total. The number of aliphatic imine (C=N–C) groups is 1. The third-order valence-electron chi connectivity index (χ3n) is 1.68. The van der Waals surface area contributed by atoms with Crippen LogP contribution in [0.5, 0.6) is 0 Å². The van der Waals surface area contributed by atoms with E-state index < -0.39 is 0 Å². The molecule has 2 N–H and O–H groups in total. The van der Waals surface area contributed by atoms with Crippen molar-refractivity contribution in [3.63, 3.8) is 0 Å². The van der Waals surface area contributed by atoms with Gasteiger partial charge in [0.05, 0.1) is 17.8 Å². The van der Waals surface area contributed by atoms with Crippen molar-refractivity contribution in [1.29, 1.82) is 5.26 Å². The van der Waals surface area contributed by atoms with E-state index in [1.165, 1.54) is 6.33 Å². The molecule has 1 aromatic heterocycles. The normalized spacial score (nSPS) is 13.4. The first kappa shape index (κ1) is 6.73. The Kier molecular flexibility index (Phi) is 1.27. The third kappa shape index (κ3) is 0.751. The van der Waals surface area contributed by atoms with E-state index >= 15 is 0 Å². The molecular weight excluding hydrogens is 154 g/mol. The zero-order valence-electron chi connectivity index (χ0n) is 6.15. The molecule has 1 aliphatic rings. The smallest absolute Gasteiger partial charge is 0.148 e. The SMILES string of the molecule is N#CC1=NCc2ncnc(N)c21. The second-order valence-corrected chi connectivity index (χ2v) is 2.36. The molecule has 1 aromatic rings. The summed E-state index contributed by atoms with van der Waals surface area (Å²) in [5.41, 5.74) is 7.22. The molecule has 0 saturated heterocycles. The van der Waals surface area contributed by atoms with Crippen LogP contribution in [0.1, 0.15) is 11.3 Å². The van der Waals surface area contributed by atoms with Crippen molar-refractivity contribution in [1.82, 2.24) is 9.97 Å². The highest BCUT2D eigenvalue weighted by atomic mass is 15.0. The fraction of sp³-hybridized carbons (Fsp3) is 0.143. The van der Waals surface area contributed by atoms with Crippen LogP contribution in [0.2, 0.25) is 0 Å². The van der Waals surface area contributed by atoms with Crippen LogP contribution >= 0.6 is 0 Å². The first-order valence-corrected chi connectivity index (χ1v) is 3.37. The molecule has 0 radical (unpaired) electrons. The van der Waals surface area contributed by atoms with Crippen LogP contribution in [0.4, 0.5) is 5.82 Å². The molecule has 0 spiro atoms. The van der Waals surface area contributed by atoms with Crippen LogP contribution in [0.3, 0.4) is 0 Å². The van der Waals surface area contributed by atoms with Crippen molar-refractivity contribution < 1.29 is 0 Å². The average molecular weight is 159 g/mol. The van der Waals surface area contributed by atoms with Gasteiger partial charge in [-0.1, -0.05) is 0 Å². The minimum absolute atomic E-state index is 0.331. The van der Waals surface area contributed by atoms with Gasteiger partial charge in [-0.15, -0.1) is 0 Å². The number of aromatic nitrogens is 2. The Morgan fingerprint density at radius 2 is 2.33 bits per heavy atom. The van der Waals surface area contributed by atoms with E-state index in [4.69, 9.17) is 11.0 Å². The van der Waals surface area contributed by atoms with Crippen LogP contribution in [0.25, 0.3) is 0 Å². The number of anilines is 1. The summed E-state index contributed by atoms with van der Waals surface area (Å²) in [6, 6.07) is 1.95. The Morgan fingerprint density at radius 1 is 1.50 bits per heavy atom. The number of hydrogen-bond acceptors (Lipinski definition) is 5. The van der Waals surface area contributed by atoms with Gasteiger partial charge in [0.1, 0.15) is 23.9 Å². The van der Waals surface area contributed by atoms with Gasteiger partial charge >= 0.3 is 0 Å². The topological polar surface area (TPSA) is 88.0 Å². The lowest BCUT2D eigenvalue weighted by atomic mass is 10.2. The Morgan fingerprint density at radius 3 is 3.08 bits per heavy atom. The van der Waals surface area contributed by atoms with Gasteiger partial charge in [0.15, 0.2) is 0 Å². The summed E-state index contributed by atoms with van der Waals surface area (Å²) >= 11 is 0. The predicted molar refractivity (Wildman–Crippen MR) is 42.3 cm³/mol. The van der Waals surface area contributed by atoms with Gasteiger partial charge in [0, 0.05) is 0 Å². The fourth-order valence-corrected chi connectivity index (χ4v) is 1.14. The van der Waals surface area contributed by atoms with Gasteiger partial charge in [-0.2, -0.15) is 5.26 Å². The first-order valence-electron chi connectivity index (χ1n) is 3.37. The Balaban J connectivity index is 2.66. The monoisotopic (exact) mass is 159 g/mol. The molecular formula is C7H5N5. The molecule has 0 aliphatic carbocycles. The van der Waals surface area contributed by atoms with Gasteiger partial charge in [0.25, 0.3) is 0 Å². The molecule has 0 amide bonds. The quantitative estimate of drug-likeness (QED) is 0.571. The largest absolute Gasteiger partial charge is 0.383 e. The van der Waals surface area contributed by atoms with Gasteiger partial charge < -0.3 is 5.73 Å². The van der Waals surface area contributed by atoms with Crippen molar-refractivity contribution in [2.45, 2.75) is 6.54 Å². The highest BCUT2D eigenvalue weighted by Gasteiger charge is 2.19. The Bertz CT molecular complexity index is 401. The zero-order valence-corrected chi connectivity index (χ0v) is 6.15. The van der Waals surface area contributed by atoms with E-state index in [1.807, 2.05) is 6.07 Å². The van der Waals surface area contributed by atoms with Crippen LogP contribution in [0, 0.1) is 11.3 Å². The predicted octanol–water partition coefficient (Wildman–Crippen LogP) is -0.115. The summed E-state index contributed by atoms with van der Waals surface area (Å²) in [6.45, 7) is 0.435. The maximum Gasteiger partial charge on any atom is 0.148 e. The van der Waals surface area contributed by atoms with Gasteiger partial charge in [-0.3, -0.25) is 4.99 Å². The van der Waals surface area contributed by atoms with Crippen molar-refractivity contribution in [2.24, 2.45) is 4.99 Å². The number of nitrogens with two attached hydrogens (primary N) is 1. The van der Waals surface area contributed by atoms with Crippen LogP contribution in [-0.2, 0) is 6.54 Å². The van der Waals surface area contributed by atoms with E-state index in [0.29, 0.717) is 23.6 Å². The van der Waals surface area contributed by atoms with E-state index in [0.717, 1.165) is 5.69 Å². The van der Waals surface area contributed by atoms with E-state index in [-0.39, 0.29) is 0 Å². The standard InChI is InChI=1S/C7H5N5/c8-1-4-6-5(2-10-4)11-3-12-7(6)9/h3H,2H2,(H2,9,11,12). The number of fused-ring (bicyclic) bond motifs is 1. The number of rotatable bonds is 0. The molecule has 0 saturated carbocycles. The summed E-state index contributed by atoms with van der Waals surface area (Å²) in [7, 11) is 0. The second kappa shape index (κ2) is 2.27. The summed E-state index contributed by atoms with van der Waals surface area (Å²) < 4.78 is 0. The molecule has 0 bridgehead atoms. The number of nitrogen functional groups attached to an aromatic ring is 1. The third-order valence-corrected chi connectivity index (χ3v) is 1.68. The van der Waals surface area contributed by atoms with Crippen molar-refractivity contribution in [3.8, 4) is 6.07 Å². The van der Waals surface area contributed by atoms with Crippen LogP contribution < -0.4 is 5.73 Å². The van der Waals surface area contributed by atoms with Crippen molar-refractivity contribution >= 4 is 11.5 Å². The molecule has 0 unspecified atom stereocenters. The molecule has 0 fully saturated rings. The lowest BCUT2D eigenvalue weighted by molar-refractivity contribution is 0.997. The lowest BCUT2D eigenvalue weighted by Gasteiger charge is -1.98. The molecule has 2 rings (SSSR count). The maximum atomic E-state index is 8.65. The highest BCUT2D eigenvalue weighted by Crippen LogP contribution is 2.19. The molecule has 1 aliphatic heterocycles. The summed E-state index contributed by atoms with van der Waals surface area (Å²) in [5, 5.41) is 8.65. The van der Waals surface area contributed by atoms with Crippen LogP contribution in [0.15, 0.2) is 11.3 Å². The second-order valence-electron chi connectivity index (χ2n) is 2.36. The molecule has 12 heavy (non-hydrogen) atoms. The lowest BCUT2D eigenvalue weighted by Crippen LogP contribution is -2.04. The number of nitrogens with zero attached hydrogens (tertiary/aromatic N) is 4. The van der Waals surface area contributed by atoms with Crippen molar-refractivity contribution in [2.75, 3.05) is 5.73 Å². The number of nitriles is 1. The number of hydrogen-bond donors (Lipinski definition) is 1. The Labute approximate surface area is 68.6 Å². The maximum absolute atomic E-state index is 8.65. The van der Waals surface area contributed by atoms with Gasteiger partial charge in [-0.05, 0) is 0 Å². The molecule has 58 valence electrons. The van der Waals surface area contributed by atoms with E-state index in [2.05, 4.69) is 15.0 Å². The van der Waals surface area contributed by atoms with E-state index in [1.54, 1.807) is 0 Å². The molecule has 5 heteroatoms. The minimum Gasteiger partial charge on any atom is -0.383 e. The van der Waals surface area contributed by atoms with E-state index in [9.17, 15) is 0 Å². The van der Waals surface area contributed by atoms with Gasteiger partial charge in [-0.25, -0.2) is 9.97 Å². The highest BCUT2D eigenvalue weighted by molar-refractivity contribution is 6.16.